The number of sulfonamides is 1. The fourth-order valence-corrected chi connectivity index (χ4v) is 3.62. The minimum atomic E-state index is -3.66. The smallest absolute Gasteiger partial charge is 0.352 e. The van der Waals surface area contributed by atoms with Gasteiger partial charge in [0.25, 0.3) is 0 Å². The second-order valence-electron chi connectivity index (χ2n) is 5.52. The van der Waals surface area contributed by atoms with E-state index in [-0.39, 0.29) is 16.5 Å². The predicted molar refractivity (Wildman–Crippen MR) is 77.8 cm³/mol. The van der Waals surface area contributed by atoms with Crippen LogP contribution in [0, 0.1) is 5.92 Å². The van der Waals surface area contributed by atoms with Gasteiger partial charge in [0.1, 0.15) is 10.6 Å². The fraction of sp³-hybridized carbons (Fsp3) is 0.615. The summed E-state index contributed by atoms with van der Waals surface area (Å²) in [4.78, 5) is 15.5. The van der Waals surface area contributed by atoms with E-state index >= 15 is 0 Å². The molecule has 0 bridgehead atoms. The van der Waals surface area contributed by atoms with Crippen molar-refractivity contribution >= 4 is 16.0 Å². The second kappa shape index (κ2) is 6.59. The molecule has 8 heteroatoms. The summed E-state index contributed by atoms with van der Waals surface area (Å²) in [6.07, 6.45) is 3.61. The Balaban J connectivity index is 1.89. The molecule has 118 valence electrons. The first-order chi connectivity index (χ1) is 9.88. The van der Waals surface area contributed by atoms with Crippen molar-refractivity contribution in [2.45, 2.75) is 24.7 Å². The van der Waals surface area contributed by atoms with E-state index in [9.17, 15) is 13.2 Å². The highest BCUT2D eigenvalue weighted by Gasteiger charge is 2.20. The van der Waals surface area contributed by atoms with Crippen LogP contribution in [0.5, 0.6) is 0 Å². The van der Waals surface area contributed by atoms with Crippen molar-refractivity contribution < 1.29 is 18.3 Å². The summed E-state index contributed by atoms with van der Waals surface area (Å²) in [6, 6.07) is 1.12. The first-order valence-corrected chi connectivity index (χ1v) is 8.50. The van der Waals surface area contributed by atoms with Gasteiger partial charge in [0.2, 0.25) is 10.0 Å². The Morgan fingerprint density at radius 1 is 1.48 bits per heavy atom. The number of nitrogens with one attached hydrogen (secondary N) is 2. The molecule has 0 amide bonds. The zero-order valence-electron chi connectivity index (χ0n) is 12.0. The van der Waals surface area contributed by atoms with Crippen LogP contribution in [0.3, 0.4) is 0 Å². The third kappa shape index (κ3) is 4.29. The molecule has 0 radical (unpaired) electrons. The van der Waals surface area contributed by atoms with Crippen LogP contribution in [0.2, 0.25) is 0 Å². The molecular formula is C13H21N3O4S. The normalized spacial score (nSPS) is 18.0. The van der Waals surface area contributed by atoms with Crippen LogP contribution in [0.1, 0.15) is 30.3 Å². The quantitative estimate of drug-likeness (QED) is 0.688. The Kier molecular flexibility index (Phi) is 5.02. The fourth-order valence-electron chi connectivity index (χ4n) is 2.46. The van der Waals surface area contributed by atoms with Gasteiger partial charge in [-0.25, -0.2) is 17.9 Å². The van der Waals surface area contributed by atoms with Crippen LogP contribution in [0.4, 0.5) is 0 Å². The van der Waals surface area contributed by atoms with Crippen LogP contribution in [-0.2, 0) is 10.0 Å². The van der Waals surface area contributed by atoms with E-state index in [4.69, 9.17) is 5.11 Å². The molecule has 7 nitrogen and oxygen atoms in total. The highest BCUT2D eigenvalue weighted by Crippen LogP contribution is 2.13. The molecule has 1 aliphatic rings. The van der Waals surface area contributed by atoms with E-state index < -0.39 is 16.0 Å². The lowest BCUT2D eigenvalue weighted by atomic mass is 10.2. The van der Waals surface area contributed by atoms with Crippen LogP contribution in [0.15, 0.2) is 17.2 Å². The molecule has 1 saturated heterocycles. The number of aromatic amines is 1. The summed E-state index contributed by atoms with van der Waals surface area (Å²) >= 11 is 0. The maximum absolute atomic E-state index is 12.1. The van der Waals surface area contributed by atoms with E-state index in [0.717, 1.165) is 25.7 Å². The maximum atomic E-state index is 12.1. The van der Waals surface area contributed by atoms with Gasteiger partial charge in [0, 0.05) is 19.3 Å². The lowest BCUT2D eigenvalue weighted by Crippen LogP contribution is -2.34. The van der Waals surface area contributed by atoms with Gasteiger partial charge in [0.05, 0.1) is 0 Å². The van der Waals surface area contributed by atoms with Gasteiger partial charge in [0.15, 0.2) is 0 Å². The molecule has 2 rings (SSSR count). The number of aromatic nitrogens is 1. The van der Waals surface area contributed by atoms with Crippen LogP contribution < -0.4 is 4.72 Å². The second-order valence-corrected chi connectivity index (χ2v) is 7.29. The van der Waals surface area contributed by atoms with Gasteiger partial charge in [-0.1, -0.05) is 6.92 Å². The molecule has 1 unspecified atom stereocenters. The van der Waals surface area contributed by atoms with Gasteiger partial charge in [-0.15, -0.1) is 0 Å². The number of carboxylic acids is 1. The molecule has 0 aliphatic carbocycles. The number of hydrogen-bond acceptors (Lipinski definition) is 4. The monoisotopic (exact) mass is 315 g/mol. The van der Waals surface area contributed by atoms with E-state index in [0.29, 0.717) is 6.54 Å². The summed E-state index contributed by atoms with van der Waals surface area (Å²) in [5, 5.41) is 8.79. The Morgan fingerprint density at radius 3 is 2.71 bits per heavy atom. The molecule has 1 aliphatic heterocycles. The highest BCUT2D eigenvalue weighted by atomic mass is 32.2. The third-order valence-electron chi connectivity index (χ3n) is 3.59. The number of H-pyrrole nitrogens is 1. The van der Waals surface area contributed by atoms with E-state index in [2.05, 4.69) is 14.6 Å². The molecule has 0 spiro atoms. The van der Waals surface area contributed by atoms with Gasteiger partial charge in [-0.2, -0.15) is 0 Å². The van der Waals surface area contributed by atoms with Gasteiger partial charge in [-0.05, 0) is 37.9 Å². The molecule has 0 saturated carbocycles. The van der Waals surface area contributed by atoms with Crippen LogP contribution in [0.25, 0.3) is 0 Å². The zero-order valence-corrected chi connectivity index (χ0v) is 12.8. The molecule has 1 aromatic heterocycles. The summed E-state index contributed by atoms with van der Waals surface area (Å²) in [6.45, 7) is 5.37. The first-order valence-electron chi connectivity index (χ1n) is 7.02. The van der Waals surface area contributed by atoms with Crippen molar-refractivity contribution in [3.63, 3.8) is 0 Å². The Morgan fingerprint density at radius 2 is 2.14 bits per heavy atom. The summed E-state index contributed by atoms with van der Waals surface area (Å²) in [5.74, 6) is -0.977. The standard InChI is InChI=1S/C13H21N3O4S/c1-10(9-16-4-2-3-5-16)7-15-21(19,20)11-6-12(13(17)18)14-8-11/h6,8,10,14-15H,2-5,7,9H2,1H3,(H,17,18). The average Bonchev–Trinajstić information content (AvgIpc) is 3.07. The minimum absolute atomic E-state index is 0.0479. The summed E-state index contributed by atoms with van der Waals surface area (Å²) in [7, 11) is -3.66. The lowest BCUT2D eigenvalue weighted by molar-refractivity contribution is 0.0691. The number of carboxylic acid groups (broad SMARTS) is 1. The number of hydrogen-bond donors (Lipinski definition) is 3. The number of aromatic carboxylic acids is 1. The van der Waals surface area contributed by atoms with Gasteiger partial charge >= 0.3 is 5.97 Å². The van der Waals surface area contributed by atoms with Crippen molar-refractivity contribution in [2.75, 3.05) is 26.2 Å². The number of likely N-dealkylation sites (tertiary alicyclic amines) is 1. The minimum Gasteiger partial charge on any atom is -0.477 e. The number of carbonyl (C=O) groups is 1. The molecule has 3 N–H and O–H groups in total. The first kappa shape index (κ1) is 16.0. The average molecular weight is 315 g/mol. The van der Waals surface area contributed by atoms with Gasteiger partial charge < -0.3 is 15.0 Å². The summed E-state index contributed by atoms with van der Waals surface area (Å²) in [5.41, 5.74) is -0.138. The lowest BCUT2D eigenvalue weighted by Gasteiger charge is -2.20. The summed E-state index contributed by atoms with van der Waals surface area (Å²) < 4.78 is 26.7. The highest BCUT2D eigenvalue weighted by molar-refractivity contribution is 7.89. The van der Waals surface area contributed by atoms with E-state index in [1.807, 2.05) is 6.92 Å². The van der Waals surface area contributed by atoms with E-state index in [1.54, 1.807) is 0 Å². The predicted octanol–water partition coefficient (Wildman–Crippen LogP) is 0.723. The molecule has 21 heavy (non-hydrogen) atoms. The van der Waals surface area contributed by atoms with Crippen LogP contribution in [-0.4, -0.2) is 55.6 Å². The molecule has 0 aromatic carbocycles. The Labute approximate surface area is 124 Å². The molecule has 1 atom stereocenters. The molecular weight excluding hydrogens is 294 g/mol. The molecule has 1 aromatic rings. The van der Waals surface area contributed by atoms with Crippen molar-refractivity contribution in [1.29, 1.82) is 0 Å². The molecule has 2 heterocycles. The Hall–Kier alpha value is -1.38. The number of nitrogens with zero attached hydrogens (tertiary/aromatic N) is 1. The topological polar surface area (TPSA) is 102 Å². The maximum Gasteiger partial charge on any atom is 0.352 e. The SMILES string of the molecule is CC(CNS(=O)(=O)c1c[nH]c(C(=O)O)c1)CN1CCCC1. The van der Waals surface area contributed by atoms with Crippen LogP contribution >= 0.6 is 0 Å². The van der Waals surface area contributed by atoms with Gasteiger partial charge in [-0.3, -0.25) is 0 Å². The Bertz CT molecular complexity index is 590. The number of rotatable bonds is 7. The van der Waals surface area contributed by atoms with Crippen molar-refractivity contribution in [3.05, 3.63) is 18.0 Å². The van der Waals surface area contributed by atoms with Crippen molar-refractivity contribution in [3.8, 4) is 0 Å². The van der Waals surface area contributed by atoms with Crippen molar-refractivity contribution in [1.82, 2.24) is 14.6 Å². The third-order valence-corrected chi connectivity index (χ3v) is 4.99. The largest absolute Gasteiger partial charge is 0.477 e. The zero-order chi connectivity index (χ0) is 15.5. The van der Waals surface area contributed by atoms with E-state index in [1.165, 1.54) is 19.0 Å². The van der Waals surface area contributed by atoms with Crippen molar-refractivity contribution in [2.24, 2.45) is 5.92 Å². The molecule has 1 fully saturated rings.